The molecule has 1 aliphatic heterocycles. The highest BCUT2D eigenvalue weighted by atomic mass is 32.2. The van der Waals surface area contributed by atoms with Gasteiger partial charge in [-0.25, -0.2) is 12.7 Å². The maximum Gasteiger partial charge on any atom is 0.257 e. The summed E-state index contributed by atoms with van der Waals surface area (Å²) in [6.45, 7) is 4.93. The lowest BCUT2D eigenvalue weighted by molar-refractivity contribution is -0.123. The molecule has 0 atom stereocenters. The van der Waals surface area contributed by atoms with Crippen molar-refractivity contribution < 1.29 is 17.9 Å². The van der Waals surface area contributed by atoms with Gasteiger partial charge < -0.3 is 10.1 Å². The van der Waals surface area contributed by atoms with Crippen LogP contribution in [-0.2, 0) is 27.8 Å². The fourth-order valence-corrected chi connectivity index (χ4v) is 4.94. The van der Waals surface area contributed by atoms with Crippen molar-refractivity contribution >= 4 is 15.9 Å². The molecule has 7 nitrogen and oxygen atoms in total. The Hall–Kier alpha value is -2.42. The normalized spacial score (nSPS) is 14.3. The second-order valence-corrected chi connectivity index (χ2v) is 10.1. The molecule has 1 amide bonds. The molecule has 0 saturated heterocycles. The molecule has 0 unspecified atom stereocenters. The molecule has 3 rings (SSSR count). The van der Waals surface area contributed by atoms with E-state index in [9.17, 15) is 13.2 Å². The van der Waals surface area contributed by atoms with Crippen molar-refractivity contribution in [3.8, 4) is 5.75 Å². The number of benzene rings is 2. The van der Waals surface area contributed by atoms with Crippen LogP contribution in [0.4, 0.5) is 0 Å². The molecule has 0 aliphatic carbocycles. The van der Waals surface area contributed by atoms with E-state index >= 15 is 0 Å². The molecule has 8 heteroatoms. The molecule has 0 saturated carbocycles. The van der Waals surface area contributed by atoms with Crippen LogP contribution in [0.2, 0.25) is 0 Å². The molecule has 1 heterocycles. The molecule has 31 heavy (non-hydrogen) atoms. The van der Waals surface area contributed by atoms with Crippen molar-refractivity contribution in [1.82, 2.24) is 14.5 Å². The topological polar surface area (TPSA) is 79.0 Å². The monoisotopic (exact) mass is 445 g/mol. The quantitative estimate of drug-likeness (QED) is 0.599. The number of rotatable bonds is 9. The van der Waals surface area contributed by atoms with Crippen LogP contribution in [0.15, 0.2) is 47.4 Å². The Morgan fingerprint density at radius 3 is 2.61 bits per heavy atom. The van der Waals surface area contributed by atoms with Crippen LogP contribution < -0.4 is 10.1 Å². The van der Waals surface area contributed by atoms with E-state index in [0.717, 1.165) is 36.8 Å². The van der Waals surface area contributed by atoms with E-state index in [2.05, 4.69) is 34.5 Å². The number of hydrogen-bond acceptors (Lipinski definition) is 5. The first-order valence-corrected chi connectivity index (χ1v) is 11.9. The van der Waals surface area contributed by atoms with Gasteiger partial charge in [0.1, 0.15) is 10.6 Å². The fourth-order valence-electron chi connectivity index (χ4n) is 3.72. The van der Waals surface area contributed by atoms with Gasteiger partial charge in [0.05, 0.1) is 0 Å². The van der Waals surface area contributed by atoms with Gasteiger partial charge in [0.25, 0.3) is 5.91 Å². The third-order valence-corrected chi connectivity index (χ3v) is 7.46. The molecular formula is C23H31N3O4S. The number of amides is 1. The summed E-state index contributed by atoms with van der Waals surface area (Å²) in [5.74, 6) is -0.0745. The largest absolute Gasteiger partial charge is 0.482 e. The zero-order chi connectivity index (χ0) is 22.4. The van der Waals surface area contributed by atoms with E-state index in [-0.39, 0.29) is 23.2 Å². The third-order valence-electron chi connectivity index (χ3n) is 5.46. The first-order valence-electron chi connectivity index (χ1n) is 10.5. The van der Waals surface area contributed by atoms with Crippen LogP contribution in [-0.4, -0.2) is 63.9 Å². The van der Waals surface area contributed by atoms with Crippen LogP contribution in [0, 0.1) is 6.92 Å². The van der Waals surface area contributed by atoms with E-state index in [0.29, 0.717) is 12.1 Å². The van der Waals surface area contributed by atoms with Gasteiger partial charge in [0.15, 0.2) is 6.61 Å². The van der Waals surface area contributed by atoms with Crippen LogP contribution in [0.3, 0.4) is 0 Å². The average molecular weight is 446 g/mol. The maximum absolute atomic E-state index is 12.6. The van der Waals surface area contributed by atoms with Crippen LogP contribution in [0.5, 0.6) is 5.75 Å². The SMILES string of the molecule is Cc1cccc(OCC(=O)NCCCN2CCc3ccccc3C2)c1S(=O)(=O)N(C)C. The molecule has 0 spiro atoms. The lowest BCUT2D eigenvalue weighted by Gasteiger charge is -2.28. The first-order chi connectivity index (χ1) is 14.8. The molecule has 1 N–H and O–H groups in total. The summed E-state index contributed by atoms with van der Waals surface area (Å²) in [6.07, 6.45) is 1.91. The van der Waals surface area contributed by atoms with Gasteiger partial charge in [-0.3, -0.25) is 9.69 Å². The van der Waals surface area contributed by atoms with Gasteiger partial charge in [-0.2, -0.15) is 0 Å². The second kappa shape index (κ2) is 10.3. The Kier molecular flexibility index (Phi) is 7.69. The number of carbonyl (C=O) groups is 1. The standard InChI is InChI=1S/C23H31N3O4S/c1-18-8-6-11-21(23(18)31(28,29)25(2)3)30-17-22(27)24-13-7-14-26-15-12-19-9-4-5-10-20(19)16-26/h4-6,8-11H,7,12-17H2,1-3H3,(H,24,27). The fraction of sp³-hybridized carbons (Fsp3) is 0.435. The van der Waals surface area contributed by atoms with Crippen LogP contribution >= 0.6 is 0 Å². The molecule has 0 radical (unpaired) electrons. The third kappa shape index (κ3) is 5.84. The molecule has 2 aromatic rings. The first kappa shape index (κ1) is 23.2. The Morgan fingerprint density at radius 2 is 1.87 bits per heavy atom. The van der Waals surface area contributed by atoms with Gasteiger partial charge in [-0.05, 0) is 42.5 Å². The minimum absolute atomic E-state index is 0.0955. The number of fused-ring (bicyclic) bond motifs is 1. The number of carbonyl (C=O) groups excluding carboxylic acids is 1. The van der Waals surface area contributed by atoms with E-state index in [4.69, 9.17) is 4.74 Å². The minimum atomic E-state index is -3.67. The Morgan fingerprint density at radius 1 is 1.13 bits per heavy atom. The van der Waals surface area contributed by atoms with Crippen molar-refractivity contribution in [2.45, 2.75) is 31.2 Å². The molecule has 1 aliphatic rings. The number of nitrogens with one attached hydrogen (secondary N) is 1. The molecular weight excluding hydrogens is 414 g/mol. The van der Waals surface area contributed by atoms with Gasteiger partial charge in [-0.15, -0.1) is 0 Å². The number of aryl methyl sites for hydroxylation is 1. The predicted octanol–water partition coefficient (Wildman–Crippen LogP) is 2.19. The van der Waals surface area contributed by atoms with Crippen molar-refractivity contribution in [2.75, 3.05) is 40.3 Å². The van der Waals surface area contributed by atoms with Crippen LogP contribution in [0.1, 0.15) is 23.1 Å². The Labute approximate surface area is 185 Å². The smallest absolute Gasteiger partial charge is 0.257 e. The van der Waals surface area contributed by atoms with Gasteiger partial charge >= 0.3 is 0 Å². The number of nitrogens with zero attached hydrogens (tertiary/aromatic N) is 2. The Bertz CT molecular complexity index is 1020. The zero-order valence-electron chi connectivity index (χ0n) is 18.4. The van der Waals surface area contributed by atoms with E-state index in [1.807, 2.05) is 0 Å². The van der Waals surface area contributed by atoms with Crippen molar-refractivity contribution in [2.24, 2.45) is 0 Å². The van der Waals surface area contributed by atoms with Crippen molar-refractivity contribution in [3.63, 3.8) is 0 Å². The van der Waals surface area contributed by atoms with Crippen LogP contribution in [0.25, 0.3) is 0 Å². The highest BCUT2D eigenvalue weighted by Crippen LogP contribution is 2.29. The summed E-state index contributed by atoms with van der Waals surface area (Å²) in [6, 6.07) is 13.5. The number of ether oxygens (including phenoxy) is 1. The van der Waals surface area contributed by atoms with Crippen molar-refractivity contribution in [1.29, 1.82) is 0 Å². The summed E-state index contributed by atoms with van der Waals surface area (Å²) in [5.41, 5.74) is 3.39. The summed E-state index contributed by atoms with van der Waals surface area (Å²) in [4.78, 5) is 14.7. The zero-order valence-corrected chi connectivity index (χ0v) is 19.2. The van der Waals surface area contributed by atoms with E-state index in [1.54, 1.807) is 25.1 Å². The average Bonchev–Trinajstić information content (AvgIpc) is 2.75. The lowest BCUT2D eigenvalue weighted by atomic mass is 10.00. The molecule has 0 fully saturated rings. The second-order valence-electron chi connectivity index (χ2n) is 7.98. The summed E-state index contributed by atoms with van der Waals surface area (Å²) >= 11 is 0. The minimum Gasteiger partial charge on any atom is -0.482 e. The highest BCUT2D eigenvalue weighted by molar-refractivity contribution is 7.89. The van der Waals surface area contributed by atoms with Gasteiger partial charge in [0.2, 0.25) is 10.0 Å². The van der Waals surface area contributed by atoms with E-state index in [1.165, 1.54) is 25.2 Å². The molecule has 168 valence electrons. The Balaban J connectivity index is 1.45. The molecule has 0 aromatic heterocycles. The van der Waals surface area contributed by atoms with E-state index < -0.39 is 10.0 Å². The highest BCUT2D eigenvalue weighted by Gasteiger charge is 2.25. The summed E-state index contributed by atoms with van der Waals surface area (Å²) in [7, 11) is -0.727. The van der Waals surface area contributed by atoms with Gasteiger partial charge in [0, 0.05) is 40.3 Å². The predicted molar refractivity (Wildman–Crippen MR) is 121 cm³/mol. The summed E-state index contributed by atoms with van der Waals surface area (Å²) in [5, 5.41) is 2.86. The lowest BCUT2D eigenvalue weighted by Crippen LogP contribution is -2.35. The number of hydrogen-bond donors (Lipinski definition) is 1. The molecule has 0 bridgehead atoms. The maximum atomic E-state index is 12.6. The molecule has 2 aromatic carbocycles. The van der Waals surface area contributed by atoms with Crippen molar-refractivity contribution in [3.05, 3.63) is 59.2 Å². The summed E-state index contributed by atoms with van der Waals surface area (Å²) < 4.78 is 31.9. The van der Waals surface area contributed by atoms with Gasteiger partial charge in [-0.1, -0.05) is 36.4 Å². The number of sulfonamides is 1.